The monoisotopic (exact) mass is 698 g/mol. The first-order valence-corrected chi connectivity index (χ1v) is 19.1. The van der Waals surface area contributed by atoms with Crippen LogP contribution in [0.25, 0.3) is 88.0 Å². The molecule has 0 fully saturated rings. The average molecular weight is 699 g/mol. The van der Waals surface area contributed by atoms with Crippen LogP contribution in [0.5, 0.6) is 0 Å². The fraction of sp³-hybridized carbons (Fsp3) is 0.0189. The molecule has 2 nitrogen and oxygen atoms in total. The number of fused-ring (bicyclic) bond motifs is 10. The Hall–Kier alpha value is -7.16. The minimum Gasteiger partial charge on any atom is -0.309 e. The van der Waals surface area contributed by atoms with Gasteiger partial charge in [-0.3, -0.25) is 0 Å². The predicted octanol–water partition coefficient (Wildman–Crippen LogP) is 13.9. The number of nitrogens with zero attached hydrogens (tertiary/aromatic N) is 2. The van der Waals surface area contributed by atoms with Crippen LogP contribution in [-0.4, -0.2) is 9.13 Å². The third-order valence-corrected chi connectivity index (χ3v) is 12.0. The molecule has 9 aromatic carbocycles. The topological polar surface area (TPSA) is 9.86 Å². The van der Waals surface area contributed by atoms with Gasteiger partial charge in [0.2, 0.25) is 0 Å². The molecule has 0 bridgehead atoms. The Morgan fingerprint density at radius 2 is 0.927 bits per heavy atom. The first-order valence-electron chi connectivity index (χ1n) is 19.1. The zero-order valence-electron chi connectivity index (χ0n) is 30.0. The molecule has 0 amide bonds. The van der Waals surface area contributed by atoms with Gasteiger partial charge in [-0.25, -0.2) is 0 Å². The summed E-state index contributed by atoms with van der Waals surface area (Å²) in [4.78, 5) is 0. The van der Waals surface area contributed by atoms with E-state index < -0.39 is 0 Å². The Morgan fingerprint density at radius 1 is 0.327 bits per heavy atom. The van der Waals surface area contributed by atoms with E-state index in [1.807, 2.05) is 0 Å². The lowest BCUT2D eigenvalue weighted by Crippen LogP contribution is -1.99. The summed E-state index contributed by atoms with van der Waals surface area (Å²) >= 11 is 0. The summed E-state index contributed by atoms with van der Waals surface area (Å²) in [6, 6.07) is 74.0. The fourth-order valence-corrected chi connectivity index (χ4v) is 9.57. The first-order chi connectivity index (χ1) is 27.3. The molecule has 0 N–H and O–H groups in total. The lowest BCUT2D eigenvalue weighted by atomic mass is 9.89. The molecule has 1 aliphatic carbocycles. The van der Waals surface area contributed by atoms with E-state index in [1.54, 1.807) is 0 Å². The summed E-state index contributed by atoms with van der Waals surface area (Å²) in [5, 5.41) is 7.55. The van der Waals surface area contributed by atoms with Crippen molar-refractivity contribution in [3.63, 3.8) is 0 Å². The maximum Gasteiger partial charge on any atom is 0.0547 e. The number of para-hydroxylation sites is 2. The van der Waals surface area contributed by atoms with Gasteiger partial charge in [0.25, 0.3) is 0 Å². The second-order valence-corrected chi connectivity index (χ2v) is 14.9. The first kappa shape index (κ1) is 30.3. The Balaban J connectivity index is 1.13. The number of hydrogen-bond acceptors (Lipinski definition) is 0. The molecule has 0 radical (unpaired) electrons. The van der Waals surface area contributed by atoms with Crippen LogP contribution in [-0.2, 0) is 0 Å². The summed E-state index contributed by atoms with van der Waals surface area (Å²) in [6.07, 6.45) is 0. The van der Waals surface area contributed by atoms with E-state index in [-0.39, 0.29) is 5.92 Å². The molecule has 2 heterocycles. The van der Waals surface area contributed by atoms with Crippen molar-refractivity contribution >= 4 is 54.4 Å². The summed E-state index contributed by atoms with van der Waals surface area (Å²) in [6.45, 7) is 0. The maximum atomic E-state index is 2.51. The van der Waals surface area contributed by atoms with Gasteiger partial charge in [0.15, 0.2) is 0 Å². The molecule has 1 unspecified atom stereocenters. The Labute approximate surface area is 318 Å². The van der Waals surface area contributed by atoms with Crippen LogP contribution in [0.1, 0.15) is 22.6 Å². The van der Waals surface area contributed by atoms with Crippen molar-refractivity contribution < 1.29 is 0 Å². The van der Waals surface area contributed by atoms with Gasteiger partial charge in [0.1, 0.15) is 0 Å². The molecule has 2 heteroatoms. The van der Waals surface area contributed by atoms with Crippen molar-refractivity contribution in [3.8, 4) is 33.6 Å². The van der Waals surface area contributed by atoms with Gasteiger partial charge in [-0.05, 0) is 105 Å². The third-order valence-electron chi connectivity index (χ3n) is 12.0. The summed E-state index contributed by atoms with van der Waals surface area (Å²) in [5.74, 6) is 0.181. The lowest BCUT2D eigenvalue weighted by molar-refractivity contribution is 1.02. The maximum absolute atomic E-state index is 2.51. The molecule has 1 aliphatic rings. The zero-order chi connectivity index (χ0) is 36.0. The lowest BCUT2D eigenvalue weighted by Gasteiger charge is -2.15. The summed E-state index contributed by atoms with van der Waals surface area (Å²) < 4.78 is 4.89. The smallest absolute Gasteiger partial charge is 0.0547 e. The van der Waals surface area contributed by atoms with Crippen LogP contribution in [0, 0.1) is 0 Å². The molecular formula is C53H34N2. The highest BCUT2D eigenvalue weighted by atomic mass is 15.0. The average Bonchev–Trinajstić information content (AvgIpc) is 3.88. The van der Waals surface area contributed by atoms with Crippen LogP contribution in [0.4, 0.5) is 0 Å². The molecule has 55 heavy (non-hydrogen) atoms. The van der Waals surface area contributed by atoms with Crippen LogP contribution in [0.2, 0.25) is 0 Å². The van der Waals surface area contributed by atoms with Crippen molar-refractivity contribution in [2.24, 2.45) is 0 Å². The Bertz CT molecular complexity index is 3310. The molecule has 1 atom stereocenters. The van der Waals surface area contributed by atoms with E-state index in [1.165, 1.54) is 105 Å². The van der Waals surface area contributed by atoms with Gasteiger partial charge >= 0.3 is 0 Å². The second kappa shape index (κ2) is 11.7. The number of aromatic nitrogens is 2. The van der Waals surface area contributed by atoms with Crippen LogP contribution in [0.15, 0.2) is 200 Å². The molecule has 2 aromatic heterocycles. The highest BCUT2D eigenvalue weighted by Crippen LogP contribution is 2.51. The quantitative estimate of drug-likeness (QED) is 0.173. The van der Waals surface area contributed by atoms with E-state index >= 15 is 0 Å². The summed E-state index contributed by atoms with van der Waals surface area (Å²) in [7, 11) is 0. The minimum atomic E-state index is 0.181. The van der Waals surface area contributed by atoms with Crippen molar-refractivity contribution in [2.45, 2.75) is 5.92 Å². The molecule has 0 saturated heterocycles. The standard InChI is InChI=1S/C53H34N2/c1-3-15-35(16-4-1)53-42-23-10-9-21-40(42)43-33-52-46(32-47(43)53)45-31-37(27-29-51(45)55(52)48-25-13-17-34-14-7-8-20-39(34)48)36-26-28-50-44(30-36)41-22-11-12-24-49(41)54(50)38-18-5-2-6-19-38/h1-33,53H. The molecular weight excluding hydrogens is 665 g/mol. The highest BCUT2D eigenvalue weighted by molar-refractivity contribution is 6.14. The zero-order valence-corrected chi connectivity index (χ0v) is 30.0. The van der Waals surface area contributed by atoms with E-state index in [0.717, 1.165) is 0 Å². The van der Waals surface area contributed by atoms with Crippen LogP contribution >= 0.6 is 0 Å². The van der Waals surface area contributed by atoms with Crippen LogP contribution < -0.4 is 0 Å². The number of hydrogen-bond donors (Lipinski definition) is 0. The van der Waals surface area contributed by atoms with E-state index in [4.69, 9.17) is 0 Å². The molecule has 0 aliphatic heterocycles. The van der Waals surface area contributed by atoms with Gasteiger partial charge in [0.05, 0.1) is 27.8 Å². The van der Waals surface area contributed by atoms with E-state index in [0.29, 0.717) is 0 Å². The molecule has 11 aromatic rings. The summed E-state index contributed by atoms with van der Waals surface area (Å²) in [5.41, 5.74) is 16.4. The van der Waals surface area contributed by atoms with Crippen molar-refractivity contribution in [2.75, 3.05) is 0 Å². The number of rotatable bonds is 4. The predicted molar refractivity (Wildman–Crippen MR) is 231 cm³/mol. The normalized spacial score (nSPS) is 13.6. The molecule has 256 valence electrons. The molecule has 12 rings (SSSR count). The SMILES string of the molecule is c1ccc(C2c3ccccc3-c3cc4c(cc32)c2cc(-c3ccc5c(c3)c3ccccc3n5-c3ccccc3)ccc2n4-c2cccc3ccccc23)cc1. The minimum absolute atomic E-state index is 0.181. The number of benzene rings is 9. The second-order valence-electron chi connectivity index (χ2n) is 14.9. The van der Waals surface area contributed by atoms with E-state index in [9.17, 15) is 0 Å². The van der Waals surface area contributed by atoms with Crippen molar-refractivity contribution in [1.29, 1.82) is 0 Å². The molecule has 0 saturated carbocycles. The highest BCUT2D eigenvalue weighted by Gasteiger charge is 2.31. The van der Waals surface area contributed by atoms with Crippen molar-refractivity contribution in [1.82, 2.24) is 9.13 Å². The van der Waals surface area contributed by atoms with E-state index in [2.05, 4.69) is 209 Å². The largest absolute Gasteiger partial charge is 0.309 e. The van der Waals surface area contributed by atoms with Gasteiger partial charge in [0, 0.05) is 38.5 Å². The fourth-order valence-electron chi connectivity index (χ4n) is 9.57. The Kier molecular flexibility index (Phi) is 6.43. The Morgan fingerprint density at radius 3 is 1.75 bits per heavy atom. The van der Waals surface area contributed by atoms with Crippen molar-refractivity contribution in [3.05, 3.63) is 217 Å². The molecule has 0 spiro atoms. The van der Waals surface area contributed by atoms with Gasteiger partial charge in [-0.2, -0.15) is 0 Å². The van der Waals surface area contributed by atoms with Gasteiger partial charge < -0.3 is 9.13 Å². The third kappa shape index (κ3) is 4.43. The van der Waals surface area contributed by atoms with Crippen LogP contribution in [0.3, 0.4) is 0 Å². The van der Waals surface area contributed by atoms with Gasteiger partial charge in [-0.15, -0.1) is 0 Å². The van der Waals surface area contributed by atoms with Gasteiger partial charge in [-0.1, -0.05) is 140 Å².